The zero-order valence-electron chi connectivity index (χ0n) is 13.0. The van der Waals surface area contributed by atoms with Crippen molar-refractivity contribution in [2.24, 2.45) is 0 Å². The Morgan fingerprint density at radius 2 is 1.96 bits per heavy atom. The van der Waals surface area contributed by atoms with Gasteiger partial charge in [0.15, 0.2) is 0 Å². The van der Waals surface area contributed by atoms with E-state index >= 15 is 0 Å². The molecule has 1 saturated carbocycles. The molecule has 0 saturated heterocycles. The number of hydrogen-bond donors (Lipinski definition) is 1. The Morgan fingerprint density at radius 3 is 2.67 bits per heavy atom. The summed E-state index contributed by atoms with van der Waals surface area (Å²) < 4.78 is 32.2. The zero-order chi connectivity index (χ0) is 17.0. The van der Waals surface area contributed by atoms with Gasteiger partial charge < -0.3 is 4.74 Å². The van der Waals surface area contributed by atoms with E-state index in [0.29, 0.717) is 5.75 Å². The van der Waals surface area contributed by atoms with Crippen LogP contribution in [0.3, 0.4) is 0 Å². The number of carbonyl (C=O) groups excluding carboxylic acids is 1. The van der Waals surface area contributed by atoms with Gasteiger partial charge in [0.05, 0.1) is 6.10 Å². The predicted octanol–water partition coefficient (Wildman–Crippen LogP) is 2.52. The highest BCUT2D eigenvalue weighted by molar-refractivity contribution is 7.90. The summed E-state index contributed by atoms with van der Waals surface area (Å²) >= 11 is 0. The second-order valence-corrected chi connectivity index (χ2v) is 7.36. The monoisotopic (exact) mass is 346 g/mol. The normalized spacial score (nSPS) is 15.2. The SMILES string of the molecule is O=C(NS(=O)(=O)c1cccnc1)c1cccc(OC2CCCC2)c1. The van der Waals surface area contributed by atoms with Gasteiger partial charge in [-0.1, -0.05) is 6.07 Å². The summed E-state index contributed by atoms with van der Waals surface area (Å²) in [5, 5.41) is 0. The van der Waals surface area contributed by atoms with Gasteiger partial charge in [-0.2, -0.15) is 0 Å². The molecule has 1 N–H and O–H groups in total. The van der Waals surface area contributed by atoms with Crippen molar-refractivity contribution in [2.75, 3.05) is 0 Å². The lowest BCUT2D eigenvalue weighted by Gasteiger charge is -2.13. The average molecular weight is 346 g/mol. The largest absolute Gasteiger partial charge is 0.490 e. The maximum absolute atomic E-state index is 12.3. The van der Waals surface area contributed by atoms with Crippen LogP contribution in [0.2, 0.25) is 0 Å². The Balaban J connectivity index is 1.73. The lowest BCUT2D eigenvalue weighted by atomic mass is 10.2. The van der Waals surface area contributed by atoms with Crippen molar-refractivity contribution in [3.05, 3.63) is 54.4 Å². The van der Waals surface area contributed by atoms with Crippen molar-refractivity contribution in [2.45, 2.75) is 36.7 Å². The fourth-order valence-corrected chi connectivity index (χ4v) is 3.59. The first kappa shape index (κ1) is 16.4. The van der Waals surface area contributed by atoms with Gasteiger partial charge in [0, 0.05) is 18.0 Å². The highest BCUT2D eigenvalue weighted by atomic mass is 32.2. The lowest BCUT2D eigenvalue weighted by molar-refractivity contribution is 0.0980. The molecule has 1 amide bonds. The molecule has 6 nitrogen and oxygen atoms in total. The number of pyridine rings is 1. The third kappa shape index (κ3) is 3.91. The summed E-state index contributed by atoms with van der Waals surface area (Å²) in [6, 6.07) is 9.43. The average Bonchev–Trinajstić information content (AvgIpc) is 3.08. The molecule has 3 rings (SSSR count). The van der Waals surface area contributed by atoms with E-state index in [0.717, 1.165) is 25.7 Å². The standard InChI is InChI=1S/C17H18N2O4S/c20-17(19-24(21,22)16-9-4-10-18-12-16)13-5-3-8-15(11-13)23-14-6-1-2-7-14/h3-5,8-12,14H,1-2,6-7H2,(H,19,20). The minimum Gasteiger partial charge on any atom is -0.490 e. The van der Waals surface area contributed by atoms with Crippen LogP contribution in [0.1, 0.15) is 36.0 Å². The molecule has 2 aromatic rings. The lowest BCUT2D eigenvalue weighted by Crippen LogP contribution is -2.30. The molecule has 1 fully saturated rings. The molecule has 0 radical (unpaired) electrons. The van der Waals surface area contributed by atoms with Gasteiger partial charge in [0.1, 0.15) is 10.6 Å². The van der Waals surface area contributed by atoms with Crippen molar-refractivity contribution in [3.63, 3.8) is 0 Å². The zero-order valence-corrected chi connectivity index (χ0v) is 13.8. The number of nitrogens with zero attached hydrogens (tertiary/aromatic N) is 1. The molecule has 1 aromatic heterocycles. The summed E-state index contributed by atoms with van der Waals surface area (Å²) in [7, 11) is -3.95. The van der Waals surface area contributed by atoms with Crippen LogP contribution in [0.4, 0.5) is 0 Å². The minimum atomic E-state index is -3.95. The first-order chi connectivity index (χ1) is 11.5. The fraction of sp³-hybridized carbons (Fsp3) is 0.294. The van der Waals surface area contributed by atoms with Crippen LogP contribution < -0.4 is 9.46 Å². The third-order valence-electron chi connectivity index (χ3n) is 3.87. The molecule has 7 heteroatoms. The third-order valence-corrected chi connectivity index (χ3v) is 5.19. The van der Waals surface area contributed by atoms with Crippen LogP contribution in [0.25, 0.3) is 0 Å². The summed E-state index contributed by atoms with van der Waals surface area (Å²) in [6.07, 6.45) is 7.13. The highest BCUT2D eigenvalue weighted by Gasteiger charge is 2.20. The van der Waals surface area contributed by atoms with Crippen molar-refractivity contribution < 1.29 is 17.9 Å². The first-order valence-corrected chi connectivity index (χ1v) is 9.27. The Hall–Kier alpha value is -2.41. The van der Waals surface area contributed by atoms with Gasteiger partial charge in [-0.05, 0) is 56.0 Å². The Morgan fingerprint density at radius 1 is 1.17 bits per heavy atom. The second-order valence-electron chi connectivity index (χ2n) is 5.68. The van der Waals surface area contributed by atoms with Crippen LogP contribution in [0.15, 0.2) is 53.7 Å². The number of rotatable bonds is 5. The van der Waals surface area contributed by atoms with Gasteiger partial charge in [-0.25, -0.2) is 13.1 Å². The van der Waals surface area contributed by atoms with E-state index in [1.165, 1.54) is 24.5 Å². The van der Waals surface area contributed by atoms with E-state index in [4.69, 9.17) is 4.74 Å². The number of sulfonamides is 1. The van der Waals surface area contributed by atoms with Crippen LogP contribution in [0, 0.1) is 0 Å². The predicted molar refractivity (Wildman–Crippen MR) is 88.2 cm³/mol. The highest BCUT2D eigenvalue weighted by Crippen LogP contribution is 2.24. The molecule has 24 heavy (non-hydrogen) atoms. The Labute approximate surface area is 140 Å². The minimum absolute atomic E-state index is 0.0586. The fourth-order valence-electron chi connectivity index (χ4n) is 2.66. The Bertz CT molecular complexity index is 815. The maximum Gasteiger partial charge on any atom is 0.265 e. The molecule has 0 spiro atoms. The maximum atomic E-state index is 12.3. The van der Waals surface area contributed by atoms with E-state index in [2.05, 4.69) is 4.98 Å². The molecule has 126 valence electrons. The van der Waals surface area contributed by atoms with Crippen molar-refractivity contribution >= 4 is 15.9 Å². The number of benzene rings is 1. The molecule has 0 bridgehead atoms. The Kier molecular flexibility index (Phi) is 4.80. The van der Waals surface area contributed by atoms with Crippen LogP contribution in [0.5, 0.6) is 5.75 Å². The van der Waals surface area contributed by atoms with Crippen LogP contribution in [-0.4, -0.2) is 25.4 Å². The van der Waals surface area contributed by atoms with Gasteiger partial charge in [-0.15, -0.1) is 0 Å². The van der Waals surface area contributed by atoms with E-state index in [-0.39, 0.29) is 16.6 Å². The molecule has 0 atom stereocenters. The molecular formula is C17H18N2O4S. The summed E-state index contributed by atoms with van der Waals surface area (Å²) in [5.74, 6) is -0.121. The summed E-state index contributed by atoms with van der Waals surface area (Å²) in [5.41, 5.74) is 0.234. The van der Waals surface area contributed by atoms with Crippen molar-refractivity contribution in [1.29, 1.82) is 0 Å². The van der Waals surface area contributed by atoms with E-state index in [9.17, 15) is 13.2 Å². The van der Waals surface area contributed by atoms with Crippen molar-refractivity contribution in [1.82, 2.24) is 9.71 Å². The molecule has 1 aliphatic rings. The van der Waals surface area contributed by atoms with Crippen LogP contribution >= 0.6 is 0 Å². The molecule has 1 aliphatic carbocycles. The number of aromatic nitrogens is 1. The topological polar surface area (TPSA) is 85.4 Å². The smallest absolute Gasteiger partial charge is 0.265 e. The number of nitrogens with one attached hydrogen (secondary N) is 1. The summed E-state index contributed by atoms with van der Waals surface area (Å²) in [6.45, 7) is 0. The molecular weight excluding hydrogens is 328 g/mol. The van der Waals surface area contributed by atoms with Gasteiger partial charge in [0.25, 0.3) is 15.9 Å². The van der Waals surface area contributed by atoms with Crippen LogP contribution in [-0.2, 0) is 10.0 Å². The molecule has 1 aromatic carbocycles. The first-order valence-electron chi connectivity index (χ1n) is 7.78. The van der Waals surface area contributed by atoms with Gasteiger partial charge >= 0.3 is 0 Å². The number of ether oxygens (including phenoxy) is 1. The molecule has 0 unspecified atom stereocenters. The molecule has 0 aliphatic heterocycles. The second kappa shape index (κ2) is 7.00. The number of amides is 1. The van der Waals surface area contributed by atoms with E-state index in [1.807, 2.05) is 4.72 Å². The van der Waals surface area contributed by atoms with Gasteiger partial charge in [0.2, 0.25) is 0 Å². The van der Waals surface area contributed by atoms with E-state index in [1.54, 1.807) is 24.3 Å². The number of hydrogen-bond acceptors (Lipinski definition) is 5. The van der Waals surface area contributed by atoms with Gasteiger partial charge in [-0.3, -0.25) is 9.78 Å². The number of carbonyl (C=O) groups is 1. The van der Waals surface area contributed by atoms with E-state index < -0.39 is 15.9 Å². The van der Waals surface area contributed by atoms with Crippen molar-refractivity contribution in [3.8, 4) is 5.75 Å². The molecule has 1 heterocycles. The quantitative estimate of drug-likeness (QED) is 0.899. The summed E-state index contributed by atoms with van der Waals surface area (Å²) in [4.78, 5) is 16.0.